The number of halogens is 1. The largest absolute Gasteiger partial charge is 0.387 e. The summed E-state index contributed by atoms with van der Waals surface area (Å²) in [6, 6.07) is 18.7. The monoisotopic (exact) mass is 328 g/mol. The lowest BCUT2D eigenvalue weighted by atomic mass is 10.0. The Morgan fingerprint density at radius 3 is 2.17 bits per heavy atom. The van der Waals surface area contributed by atoms with E-state index in [-0.39, 0.29) is 12.4 Å². The molecule has 1 N–H and O–H groups in total. The fraction of sp³-hybridized carbons (Fsp3) is 0.211. The molecule has 0 fully saturated rings. The van der Waals surface area contributed by atoms with Crippen molar-refractivity contribution in [3.8, 4) is 0 Å². The molecule has 0 bridgehead atoms. The number of aryl methyl sites for hydroxylation is 2. The molecule has 1 aromatic heterocycles. The fourth-order valence-corrected chi connectivity index (χ4v) is 2.54. The summed E-state index contributed by atoms with van der Waals surface area (Å²) in [6.45, 7) is 0.531. The topological polar surface area (TPSA) is 38.0 Å². The van der Waals surface area contributed by atoms with E-state index < -0.39 is 6.10 Å². The molecule has 3 rings (SSSR count). The molecule has 3 aromatic rings. The van der Waals surface area contributed by atoms with Gasteiger partial charge in [0.05, 0.1) is 19.0 Å². The minimum absolute atomic E-state index is 0. The summed E-state index contributed by atoms with van der Waals surface area (Å²) in [5, 5.41) is 10.2. The van der Waals surface area contributed by atoms with Crippen LogP contribution in [0.2, 0.25) is 0 Å². The number of hydrogen-bond acceptors (Lipinski definition) is 2. The summed E-state index contributed by atoms with van der Waals surface area (Å²) >= 11 is 0. The normalized spacial score (nSPS) is 11.7. The summed E-state index contributed by atoms with van der Waals surface area (Å²) in [5.41, 5.74) is 3.59. The predicted molar refractivity (Wildman–Crippen MR) is 94.7 cm³/mol. The number of aliphatic hydroxyl groups is 1. The number of imidazole rings is 1. The number of aromatic nitrogens is 2. The Balaban J connectivity index is 0.00000192. The average Bonchev–Trinajstić information content (AvgIpc) is 3.07. The van der Waals surface area contributed by atoms with Crippen molar-refractivity contribution in [3.63, 3.8) is 0 Å². The highest BCUT2D eigenvalue weighted by Crippen LogP contribution is 2.17. The van der Waals surface area contributed by atoms with Gasteiger partial charge in [-0.1, -0.05) is 54.6 Å². The molecule has 0 aliphatic carbocycles. The molecule has 0 aliphatic heterocycles. The van der Waals surface area contributed by atoms with Crippen LogP contribution < -0.4 is 0 Å². The maximum Gasteiger partial charge on any atom is 0.0969 e. The van der Waals surface area contributed by atoms with Crippen LogP contribution in [-0.4, -0.2) is 14.7 Å². The summed E-state index contributed by atoms with van der Waals surface area (Å²) < 4.78 is 1.88. The van der Waals surface area contributed by atoms with E-state index in [0.29, 0.717) is 6.54 Å². The van der Waals surface area contributed by atoms with Crippen LogP contribution in [-0.2, 0) is 19.4 Å². The zero-order chi connectivity index (χ0) is 15.2. The Morgan fingerprint density at radius 2 is 1.57 bits per heavy atom. The van der Waals surface area contributed by atoms with Crippen molar-refractivity contribution in [1.29, 1.82) is 0 Å². The summed E-state index contributed by atoms with van der Waals surface area (Å²) in [4.78, 5) is 3.99. The SMILES string of the molecule is Cl.OC(Cn1ccnc1)c1ccc(CCc2ccccc2)cc1. The second-order valence-electron chi connectivity index (χ2n) is 5.50. The minimum atomic E-state index is -0.502. The molecule has 0 saturated heterocycles. The molecule has 0 amide bonds. The van der Waals surface area contributed by atoms with Gasteiger partial charge in [0.15, 0.2) is 0 Å². The van der Waals surface area contributed by atoms with Crippen LogP contribution in [0.4, 0.5) is 0 Å². The Morgan fingerprint density at radius 1 is 0.913 bits per heavy atom. The van der Waals surface area contributed by atoms with Crippen LogP contribution in [0, 0.1) is 0 Å². The summed E-state index contributed by atoms with van der Waals surface area (Å²) in [7, 11) is 0. The second kappa shape index (κ2) is 8.51. The van der Waals surface area contributed by atoms with Crippen molar-refractivity contribution in [2.24, 2.45) is 0 Å². The zero-order valence-corrected chi connectivity index (χ0v) is 13.7. The standard InChI is InChI=1S/C19H20N2O.ClH/c22-19(14-21-13-12-20-15-21)18-10-8-17(9-11-18)7-6-16-4-2-1-3-5-16;/h1-5,8-13,15,19,22H,6-7,14H2;1H. The van der Waals surface area contributed by atoms with Crippen LogP contribution in [0.25, 0.3) is 0 Å². The molecule has 0 spiro atoms. The first-order valence-corrected chi connectivity index (χ1v) is 7.58. The highest BCUT2D eigenvalue weighted by Gasteiger charge is 2.08. The van der Waals surface area contributed by atoms with Gasteiger partial charge in [-0.05, 0) is 29.5 Å². The van der Waals surface area contributed by atoms with Crippen molar-refractivity contribution in [3.05, 3.63) is 90.0 Å². The molecule has 23 heavy (non-hydrogen) atoms. The molecular weight excluding hydrogens is 308 g/mol. The van der Waals surface area contributed by atoms with E-state index in [1.807, 2.05) is 29.0 Å². The van der Waals surface area contributed by atoms with Crippen molar-refractivity contribution in [2.75, 3.05) is 0 Å². The second-order valence-corrected chi connectivity index (χ2v) is 5.50. The first kappa shape index (κ1) is 17.3. The van der Waals surface area contributed by atoms with E-state index in [2.05, 4.69) is 41.4 Å². The van der Waals surface area contributed by atoms with Gasteiger partial charge in [-0.15, -0.1) is 12.4 Å². The quantitative estimate of drug-likeness (QED) is 0.747. The van der Waals surface area contributed by atoms with Crippen LogP contribution in [0.15, 0.2) is 73.3 Å². The molecule has 0 radical (unpaired) electrons. The predicted octanol–water partition coefficient (Wildman–Crippen LogP) is 3.82. The first-order valence-electron chi connectivity index (χ1n) is 7.58. The molecule has 120 valence electrons. The third kappa shape index (κ3) is 4.95. The van der Waals surface area contributed by atoms with Gasteiger partial charge in [-0.3, -0.25) is 0 Å². The van der Waals surface area contributed by atoms with Crippen molar-refractivity contribution < 1.29 is 5.11 Å². The van der Waals surface area contributed by atoms with Gasteiger partial charge in [0.1, 0.15) is 0 Å². The van der Waals surface area contributed by atoms with Gasteiger partial charge in [-0.2, -0.15) is 0 Å². The lowest BCUT2D eigenvalue weighted by molar-refractivity contribution is 0.156. The van der Waals surface area contributed by atoms with Crippen molar-refractivity contribution in [1.82, 2.24) is 9.55 Å². The van der Waals surface area contributed by atoms with E-state index in [1.54, 1.807) is 12.5 Å². The molecule has 0 saturated carbocycles. The average molecular weight is 329 g/mol. The van der Waals surface area contributed by atoms with Crippen molar-refractivity contribution in [2.45, 2.75) is 25.5 Å². The van der Waals surface area contributed by atoms with Crippen molar-refractivity contribution >= 4 is 12.4 Å². The molecule has 0 aliphatic rings. The third-order valence-electron chi connectivity index (χ3n) is 3.85. The Labute approximate surface area is 143 Å². The van der Waals surface area contributed by atoms with Crippen LogP contribution in [0.3, 0.4) is 0 Å². The Bertz CT molecular complexity index is 681. The molecule has 1 unspecified atom stereocenters. The van der Waals surface area contributed by atoms with Crippen LogP contribution >= 0.6 is 12.4 Å². The smallest absolute Gasteiger partial charge is 0.0969 e. The third-order valence-corrected chi connectivity index (χ3v) is 3.85. The molecule has 1 heterocycles. The lowest BCUT2D eigenvalue weighted by Crippen LogP contribution is -2.07. The molecular formula is C19H21ClN2O. The molecule has 3 nitrogen and oxygen atoms in total. The van der Waals surface area contributed by atoms with E-state index in [4.69, 9.17) is 0 Å². The van der Waals surface area contributed by atoms with Gasteiger partial charge in [0, 0.05) is 12.4 Å². The molecule has 2 aromatic carbocycles. The minimum Gasteiger partial charge on any atom is -0.387 e. The van der Waals surface area contributed by atoms with E-state index >= 15 is 0 Å². The zero-order valence-electron chi connectivity index (χ0n) is 12.9. The van der Waals surface area contributed by atoms with Gasteiger partial charge in [-0.25, -0.2) is 4.98 Å². The first-order chi connectivity index (χ1) is 10.8. The van der Waals surface area contributed by atoms with Gasteiger partial charge < -0.3 is 9.67 Å². The maximum absolute atomic E-state index is 10.2. The number of benzene rings is 2. The van der Waals surface area contributed by atoms with Crippen LogP contribution in [0.1, 0.15) is 22.8 Å². The van der Waals surface area contributed by atoms with E-state index in [1.165, 1.54) is 11.1 Å². The lowest BCUT2D eigenvalue weighted by Gasteiger charge is -2.12. The fourth-order valence-electron chi connectivity index (χ4n) is 2.54. The summed E-state index contributed by atoms with van der Waals surface area (Å²) in [6.07, 6.45) is 6.85. The highest BCUT2D eigenvalue weighted by molar-refractivity contribution is 5.85. The van der Waals surface area contributed by atoms with Gasteiger partial charge in [0.2, 0.25) is 0 Å². The number of nitrogens with zero attached hydrogens (tertiary/aromatic N) is 2. The van der Waals surface area contributed by atoms with Gasteiger partial charge >= 0.3 is 0 Å². The van der Waals surface area contributed by atoms with Gasteiger partial charge in [0.25, 0.3) is 0 Å². The molecule has 4 heteroatoms. The Hall–Kier alpha value is -2.10. The maximum atomic E-state index is 10.2. The van der Waals surface area contributed by atoms with E-state index in [9.17, 15) is 5.11 Å². The number of hydrogen-bond donors (Lipinski definition) is 1. The summed E-state index contributed by atoms with van der Waals surface area (Å²) in [5.74, 6) is 0. The number of rotatable bonds is 6. The van der Waals surface area contributed by atoms with E-state index in [0.717, 1.165) is 18.4 Å². The highest BCUT2D eigenvalue weighted by atomic mass is 35.5. The Kier molecular flexibility index (Phi) is 6.39. The molecule has 1 atom stereocenters. The van der Waals surface area contributed by atoms with Crippen LogP contribution in [0.5, 0.6) is 0 Å². The number of aliphatic hydroxyl groups excluding tert-OH is 1.